The number of carbonyl (C=O) groups is 1. The van der Waals surface area contributed by atoms with Crippen LogP contribution in [0.25, 0.3) is 0 Å². The highest BCUT2D eigenvalue weighted by Crippen LogP contribution is 2.24. The van der Waals surface area contributed by atoms with Crippen molar-refractivity contribution in [3.63, 3.8) is 0 Å². The molecular formula is C15H14BrClN2O2. The van der Waals surface area contributed by atoms with Crippen molar-refractivity contribution >= 4 is 39.2 Å². The molecule has 0 aliphatic rings. The number of halogens is 2. The van der Waals surface area contributed by atoms with Crippen LogP contribution in [0.2, 0.25) is 5.02 Å². The second kappa shape index (κ2) is 7.43. The zero-order valence-electron chi connectivity index (χ0n) is 11.3. The third-order valence-electron chi connectivity index (χ3n) is 2.72. The van der Waals surface area contributed by atoms with Crippen LogP contribution in [0.1, 0.15) is 18.5 Å². The summed E-state index contributed by atoms with van der Waals surface area (Å²) < 4.78 is 5.92. The first-order valence-electron chi connectivity index (χ1n) is 6.39. The fourth-order valence-corrected chi connectivity index (χ4v) is 2.41. The molecule has 2 rings (SSSR count). The normalized spacial score (nSPS) is 11.8. The zero-order valence-corrected chi connectivity index (χ0v) is 13.7. The van der Waals surface area contributed by atoms with E-state index in [2.05, 4.69) is 26.2 Å². The third kappa shape index (κ3) is 4.44. The highest BCUT2D eigenvalue weighted by molar-refractivity contribution is 9.10. The number of nitrogens with one attached hydrogen (secondary N) is 1. The molecule has 110 valence electrons. The number of nitrogens with zero attached hydrogens (tertiary/aromatic N) is 1. The maximum atomic E-state index is 12.2. The van der Waals surface area contributed by atoms with Crippen LogP contribution >= 0.6 is 27.5 Å². The Morgan fingerprint density at radius 1 is 1.43 bits per heavy atom. The summed E-state index contributed by atoms with van der Waals surface area (Å²) in [6, 6.07) is 8.35. The third-order valence-corrected chi connectivity index (χ3v) is 3.39. The van der Waals surface area contributed by atoms with Crippen LogP contribution in [0.4, 0.5) is 5.69 Å². The molecule has 21 heavy (non-hydrogen) atoms. The van der Waals surface area contributed by atoms with Gasteiger partial charge >= 0.3 is 5.97 Å². The summed E-state index contributed by atoms with van der Waals surface area (Å²) in [6.45, 7) is 2.08. The van der Waals surface area contributed by atoms with E-state index in [-0.39, 0.29) is 5.97 Å². The molecular weight excluding hydrogens is 356 g/mol. The number of esters is 1. The molecule has 1 aromatic heterocycles. The molecule has 0 saturated heterocycles. The Bertz CT molecular complexity index is 637. The van der Waals surface area contributed by atoms with Crippen molar-refractivity contribution in [1.29, 1.82) is 0 Å². The number of ether oxygens (including phenoxy) is 1. The van der Waals surface area contributed by atoms with Crippen molar-refractivity contribution < 1.29 is 9.53 Å². The van der Waals surface area contributed by atoms with Crippen molar-refractivity contribution in [3.05, 3.63) is 57.8 Å². The van der Waals surface area contributed by atoms with Gasteiger partial charge in [0.25, 0.3) is 0 Å². The lowest BCUT2D eigenvalue weighted by Gasteiger charge is -2.18. The van der Waals surface area contributed by atoms with Crippen LogP contribution in [0, 0.1) is 0 Å². The quantitative estimate of drug-likeness (QED) is 0.802. The molecule has 0 fully saturated rings. The summed E-state index contributed by atoms with van der Waals surface area (Å²) in [6.07, 6.45) is 3.29. The van der Waals surface area contributed by atoms with Crippen LogP contribution < -0.4 is 5.32 Å². The van der Waals surface area contributed by atoms with Crippen LogP contribution in [0.3, 0.4) is 0 Å². The van der Waals surface area contributed by atoms with Gasteiger partial charge < -0.3 is 10.1 Å². The van der Waals surface area contributed by atoms with Gasteiger partial charge in [-0.1, -0.05) is 17.7 Å². The minimum atomic E-state index is -0.645. The van der Waals surface area contributed by atoms with Crippen molar-refractivity contribution in [2.24, 2.45) is 0 Å². The van der Waals surface area contributed by atoms with Gasteiger partial charge in [0.1, 0.15) is 0 Å². The number of carbonyl (C=O) groups excluding carboxylic acids is 1. The molecule has 6 heteroatoms. The Morgan fingerprint density at radius 3 is 2.90 bits per heavy atom. The Hall–Kier alpha value is -1.59. The second-order valence-corrected chi connectivity index (χ2v) is 5.63. The van der Waals surface area contributed by atoms with Crippen molar-refractivity contribution in [2.75, 3.05) is 11.9 Å². The van der Waals surface area contributed by atoms with Gasteiger partial charge in [-0.15, -0.1) is 0 Å². The largest absolute Gasteiger partial charge is 0.464 e. The lowest BCUT2D eigenvalue weighted by molar-refractivity contribution is -0.144. The standard InChI is InChI=1S/C15H14BrClN2O2/c1-2-21-15(20)14(10-6-11(16)9-18-8-10)19-13-5-3-4-12(17)7-13/h3-9,14,19H,2H2,1H3. The fourth-order valence-electron chi connectivity index (χ4n) is 1.84. The van der Waals surface area contributed by atoms with E-state index < -0.39 is 6.04 Å². The predicted molar refractivity (Wildman–Crippen MR) is 86.4 cm³/mol. The predicted octanol–water partition coefficient (Wildman–Crippen LogP) is 4.21. The molecule has 1 unspecified atom stereocenters. The van der Waals surface area contributed by atoms with Gasteiger partial charge in [0.2, 0.25) is 0 Å². The number of rotatable bonds is 5. The molecule has 1 heterocycles. The molecule has 2 aromatic rings. The summed E-state index contributed by atoms with van der Waals surface area (Å²) in [5.41, 5.74) is 1.45. The van der Waals surface area contributed by atoms with Crippen molar-refractivity contribution in [3.8, 4) is 0 Å². The van der Waals surface area contributed by atoms with Crippen LogP contribution in [-0.2, 0) is 9.53 Å². The summed E-state index contributed by atoms with van der Waals surface area (Å²) in [5.74, 6) is -0.364. The van der Waals surface area contributed by atoms with Gasteiger partial charge in [-0.3, -0.25) is 4.98 Å². The lowest BCUT2D eigenvalue weighted by atomic mass is 10.1. The molecule has 0 amide bonds. The Labute approximate surface area is 136 Å². The first-order chi connectivity index (χ1) is 10.1. The van der Waals surface area contributed by atoms with Crippen LogP contribution in [0.5, 0.6) is 0 Å². The van der Waals surface area contributed by atoms with E-state index in [0.717, 1.165) is 10.2 Å². The van der Waals surface area contributed by atoms with Gasteiger partial charge in [0.05, 0.1) is 6.61 Å². The number of pyridine rings is 1. The number of aromatic nitrogens is 1. The van der Waals surface area contributed by atoms with Gasteiger partial charge in [-0.05, 0) is 47.1 Å². The molecule has 1 aromatic carbocycles. The first kappa shape index (κ1) is 15.8. The number of hydrogen-bond donors (Lipinski definition) is 1. The monoisotopic (exact) mass is 368 g/mol. The average Bonchev–Trinajstić information content (AvgIpc) is 2.45. The SMILES string of the molecule is CCOC(=O)C(Nc1cccc(Cl)c1)c1cncc(Br)c1. The van der Waals surface area contributed by atoms with E-state index in [0.29, 0.717) is 17.2 Å². The minimum absolute atomic E-state index is 0.313. The average molecular weight is 370 g/mol. The summed E-state index contributed by atoms with van der Waals surface area (Å²) in [4.78, 5) is 16.3. The number of anilines is 1. The zero-order chi connectivity index (χ0) is 15.2. The first-order valence-corrected chi connectivity index (χ1v) is 7.56. The van der Waals surface area contributed by atoms with Crippen molar-refractivity contribution in [2.45, 2.75) is 13.0 Å². The molecule has 0 saturated carbocycles. The smallest absolute Gasteiger partial charge is 0.333 e. The van der Waals surface area contributed by atoms with E-state index >= 15 is 0 Å². The topological polar surface area (TPSA) is 51.2 Å². The summed E-state index contributed by atoms with van der Waals surface area (Å²) in [7, 11) is 0. The second-order valence-electron chi connectivity index (χ2n) is 4.28. The van der Waals surface area contributed by atoms with E-state index in [1.807, 2.05) is 18.2 Å². The van der Waals surface area contributed by atoms with Gasteiger partial charge in [0, 0.05) is 33.1 Å². The number of hydrogen-bond acceptors (Lipinski definition) is 4. The van der Waals surface area contributed by atoms with E-state index in [4.69, 9.17) is 16.3 Å². The molecule has 0 aliphatic carbocycles. The molecule has 4 nitrogen and oxygen atoms in total. The van der Waals surface area contributed by atoms with E-state index in [1.54, 1.807) is 31.5 Å². The molecule has 0 bridgehead atoms. The van der Waals surface area contributed by atoms with Gasteiger partial charge in [-0.25, -0.2) is 4.79 Å². The molecule has 0 radical (unpaired) electrons. The molecule has 1 atom stereocenters. The fraction of sp³-hybridized carbons (Fsp3) is 0.200. The minimum Gasteiger partial charge on any atom is -0.464 e. The summed E-state index contributed by atoms with van der Waals surface area (Å²) in [5, 5.41) is 3.72. The van der Waals surface area contributed by atoms with Crippen LogP contribution in [0.15, 0.2) is 47.2 Å². The Morgan fingerprint density at radius 2 is 2.24 bits per heavy atom. The van der Waals surface area contributed by atoms with E-state index in [1.165, 1.54) is 0 Å². The highest BCUT2D eigenvalue weighted by atomic mass is 79.9. The molecule has 0 aliphatic heterocycles. The lowest BCUT2D eigenvalue weighted by Crippen LogP contribution is -2.23. The number of benzene rings is 1. The Kier molecular flexibility index (Phi) is 5.59. The maximum absolute atomic E-state index is 12.2. The Balaban J connectivity index is 2.30. The van der Waals surface area contributed by atoms with E-state index in [9.17, 15) is 4.79 Å². The highest BCUT2D eigenvalue weighted by Gasteiger charge is 2.22. The van der Waals surface area contributed by atoms with Crippen molar-refractivity contribution in [1.82, 2.24) is 4.98 Å². The van der Waals surface area contributed by atoms with Gasteiger partial charge in [-0.2, -0.15) is 0 Å². The van der Waals surface area contributed by atoms with Gasteiger partial charge in [0.15, 0.2) is 6.04 Å². The van der Waals surface area contributed by atoms with Crippen LogP contribution in [-0.4, -0.2) is 17.6 Å². The maximum Gasteiger partial charge on any atom is 0.333 e. The molecule has 0 spiro atoms. The summed E-state index contributed by atoms with van der Waals surface area (Å²) >= 11 is 9.32. The molecule has 1 N–H and O–H groups in total.